The molecule has 3 N–H and O–H groups in total. The van der Waals surface area contributed by atoms with E-state index in [4.69, 9.17) is 10.2 Å². The molecule has 0 radical (unpaired) electrons. The maximum Gasteiger partial charge on any atom is 0.242 e. The molecule has 2 rings (SSSR count). The standard InChI is InChI=1S/C9H11N3O4S2/c13-5-6(14)4-10-18(15,16)8-3-1-2-7-9(8)12-17-11-7/h1-3,6,10,13-14H,4-5H2. The second kappa shape index (κ2) is 5.24. The summed E-state index contributed by atoms with van der Waals surface area (Å²) in [5.74, 6) is 0. The van der Waals surface area contributed by atoms with Crippen LogP contribution in [0.2, 0.25) is 0 Å². The zero-order valence-electron chi connectivity index (χ0n) is 9.15. The van der Waals surface area contributed by atoms with Crippen LogP contribution in [0.5, 0.6) is 0 Å². The minimum absolute atomic E-state index is 0.0129. The van der Waals surface area contributed by atoms with Gasteiger partial charge in [0.05, 0.1) is 24.4 Å². The summed E-state index contributed by atoms with van der Waals surface area (Å²) in [5, 5.41) is 17.8. The summed E-state index contributed by atoms with van der Waals surface area (Å²) in [6.45, 7) is -0.766. The highest BCUT2D eigenvalue weighted by Gasteiger charge is 2.20. The van der Waals surface area contributed by atoms with E-state index in [1.807, 2.05) is 0 Å². The van der Waals surface area contributed by atoms with Gasteiger partial charge in [-0.2, -0.15) is 8.75 Å². The van der Waals surface area contributed by atoms with Crippen LogP contribution in [0.3, 0.4) is 0 Å². The molecule has 0 bridgehead atoms. The largest absolute Gasteiger partial charge is 0.394 e. The highest BCUT2D eigenvalue weighted by molar-refractivity contribution is 7.89. The van der Waals surface area contributed by atoms with E-state index in [0.29, 0.717) is 11.0 Å². The van der Waals surface area contributed by atoms with Gasteiger partial charge in [-0.25, -0.2) is 13.1 Å². The van der Waals surface area contributed by atoms with Gasteiger partial charge in [0.2, 0.25) is 10.0 Å². The highest BCUT2D eigenvalue weighted by Crippen LogP contribution is 2.20. The molecule has 1 aromatic carbocycles. The number of fused-ring (bicyclic) bond motifs is 1. The number of hydrogen-bond donors (Lipinski definition) is 3. The van der Waals surface area contributed by atoms with Crippen LogP contribution in [0.1, 0.15) is 0 Å². The van der Waals surface area contributed by atoms with E-state index in [0.717, 1.165) is 11.7 Å². The van der Waals surface area contributed by atoms with E-state index >= 15 is 0 Å². The third-order valence-electron chi connectivity index (χ3n) is 2.26. The van der Waals surface area contributed by atoms with Crippen molar-refractivity contribution >= 4 is 32.8 Å². The summed E-state index contributed by atoms with van der Waals surface area (Å²) in [4.78, 5) is 0.0129. The first-order valence-electron chi connectivity index (χ1n) is 5.04. The number of hydrogen-bond acceptors (Lipinski definition) is 7. The topological polar surface area (TPSA) is 112 Å². The number of aromatic nitrogens is 2. The summed E-state index contributed by atoms with van der Waals surface area (Å²) in [5.41, 5.74) is 0.805. The Hall–Kier alpha value is -1.13. The van der Waals surface area contributed by atoms with Crippen LogP contribution in [0, 0.1) is 0 Å². The summed E-state index contributed by atoms with van der Waals surface area (Å²) < 4.78 is 34.1. The third kappa shape index (κ3) is 2.65. The van der Waals surface area contributed by atoms with Crippen molar-refractivity contribution in [3.63, 3.8) is 0 Å². The zero-order chi connectivity index (χ0) is 13.2. The fourth-order valence-electron chi connectivity index (χ4n) is 1.35. The van der Waals surface area contributed by atoms with Crippen molar-refractivity contribution in [2.45, 2.75) is 11.0 Å². The lowest BCUT2D eigenvalue weighted by Gasteiger charge is -2.09. The predicted octanol–water partition coefficient (Wildman–Crippen LogP) is -0.677. The van der Waals surface area contributed by atoms with Gasteiger partial charge in [0.25, 0.3) is 0 Å². The number of aliphatic hydroxyl groups excluding tert-OH is 2. The van der Waals surface area contributed by atoms with Gasteiger partial charge < -0.3 is 10.2 Å². The Bertz CT molecular complexity index is 640. The molecule has 2 aromatic rings. The van der Waals surface area contributed by atoms with Crippen LogP contribution in [-0.2, 0) is 10.0 Å². The van der Waals surface area contributed by atoms with Gasteiger partial charge in [-0.3, -0.25) is 0 Å². The van der Waals surface area contributed by atoms with Crippen molar-refractivity contribution in [1.82, 2.24) is 13.5 Å². The lowest BCUT2D eigenvalue weighted by molar-refractivity contribution is 0.0988. The molecule has 0 saturated carbocycles. The molecular weight excluding hydrogens is 278 g/mol. The molecule has 0 fully saturated rings. The molecule has 0 saturated heterocycles. The average Bonchev–Trinajstić information content (AvgIpc) is 2.83. The van der Waals surface area contributed by atoms with E-state index in [1.54, 1.807) is 12.1 Å². The summed E-state index contributed by atoms with van der Waals surface area (Å²) in [6, 6.07) is 4.65. The highest BCUT2D eigenvalue weighted by atomic mass is 32.2. The quantitative estimate of drug-likeness (QED) is 0.672. The number of benzene rings is 1. The SMILES string of the molecule is O=S(=O)(NCC(O)CO)c1cccc2nsnc12. The smallest absolute Gasteiger partial charge is 0.242 e. The number of rotatable bonds is 5. The van der Waals surface area contributed by atoms with Crippen molar-refractivity contribution in [1.29, 1.82) is 0 Å². The second-order valence-corrected chi connectivity index (χ2v) is 5.84. The Morgan fingerprint density at radius 3 is 2.89 bits per heavy atom. The molecule has 0 aliphatic rings. The molecule has 0 aliphatic heterocycles. The molecule has 7 nitrogen and oxygen atoms in total. The van der Waals surface area contributed by atoms with Gasteiger partial charge in [-0.05, 0) is 12.1 Å². The summed E-state index contributed by atoms with van der Waals surface area (Å²) in [7, 11) is -3.78. The van der Waals surface area contributed by atoms with Gasteiger partial charge >= 0.3 is 0 Å². The number of nitrogens with one attached hydrogen (secondary N) is 1. The first-order chi connectivity index (χ1) is 8.54. The van der Waals surface area contributed by atoms with E-state index in [-0.39, 0.29) is 11.4 Å². The molecule has 98 valence electrons. The molecule has 1 atom stereocenters. The van der Waals surface area contributed by atoms with Crippen molar-refractivity contribution in [2.75, 3.05) is 13.2 Å². The van der Waals surface area contributed by atoms with Gasteiger partial charge in [0, 0.05) is 6.54 Å². The van der Waals surface area contributed by atoms with Crippen molar-refractivity contribution in [2.24, 2.45) is 0 Å². The normalized spacial score (nSPS) is 13.9. The molecule has 0 spiro atoms. The molecule has 0 aliphatic carbocycles. The lowest BCUT2D eigenvalue weighted by Crippen LogP contribution is -2.34. The molecule has 18 heavy (non-hydrogen) atoms. The van der Waals surface area contributed by atoms with Crippen LogP contribution in [0.4, 0.5) is 0 Å². The third-order valence-corrected chi connectivity index (χ3v) is 4.26. The fourth-order valence-corrected chi connectivity index (χ4v) is 3.18. The Balaban J connectivity index is 2.32. The van der Waals surface area contributed by atoms with Crippen molar-refractivity contribution < 1.29 is 18.6 Å². The van der Waals surface area contributed by atoms with E-state index in [1.165, 1.54) is 6.07 Å². The fraction of sp³-hybridized carbons (Fsp3) is 0.333. The van der Waals surface area contributed by atoms with Crippen LogP contribution >= 0.6 is 11.7 Å². The molecule has 9 heteroatoms. The Morgan fingerprint density at radius 1 is 1.39 bits per heavy atom. The van der Waals surface area contributed by atoms with Crippen LogP contribution < -0.4 is 4.72 Å². The molecule has 1 unspecified atom stereocenters. The molecule has 1 heterocycles. The first-order valence-corrected chi connectivity index (χ1v) is 7.26. The summed E-state index contributed by atoms with van der Waals surface area (Å²) in [6.07, 6.45) is -1.13. The van der Waals surface area contributed by atoms with Crippen LogP contribution in [0.15, 0.2) is 23.1 Å². The predicted molar refractivity (Wildman–Crippen MR) is 65.7 cm³/mol. The van der Waals surface area contributed by atoms with Crippen molar-refractivity contribution in [3.8, 4) is 0 Å². The zero-order valence-corrected chi connectivity index (χ0v) is 10.8. The van der Waals surface area contributed by atoms with E-state index in [9.17, 15) is 8.42 Å². The van der Waals surface area contributed by atoms with Crippen molar-refractivity contribution in [3.05, 3.63) is 18.2 Å². The maximum absolute atomic E-state index is 12.0. The molecular formula is C9H11N3O4S2. The molecule has 0 amide bonds. The number of sulfonamides is 1. The maximum atomic E-state index is 12.0. The Kier molecular flexibility index (Phi) is 3.88. The number of aliphatic hydroxyl groups is 2. The van der Waals surface area contributed by atoms with Gasteiger partial charge in [-0.15, -0.1) is 0 Å². The average molecular weight is 289 g/mol. The van der Waals surface area contributed by atoms with Crippen LogP contribution in [0.25, 0.3) is 11.0 Å². The second-order valence-electron chi connectivity index (χ2n) is 3.58. The summed E-state index contributed by atoms with van der Waals surface area (Å²) >= 11 is 0.930. The van der Waals surface area contributed by atoms with Gasteiger partial charge in [0.15, 0.2) is 0 Å². The van der Waals surface area contributed by atoms with E-state index in [2.05, 4.69) is 13.5 Å². The monoisotopic (exact) mass is 289 g/mol. The Morgan fingerprint density at radius 2 is 2.17 bits per heavy atom. The lowest BCUT2D eigenvalue weighted by atomic mass is 10.3. The first kappa shape index (κ1) is 13.3. The number of nitrogens with zero attached hydrogens (tertiary/aromatic N) is 2. The minimum Gasteiger partial charge on any atom is -0.394 e. The van der Waals surface area contributed by atoms with E-state index < -0.39 is 22.7 Å². The minimum atomic E-state index is -3.78. The molecule has 1 aromatic heterocycles. The van der Waals surface area contributed by atoms with Gasteiger partial charge in [-0.1, -0.05) is 6.07 Å². The Labute approximate surface area is 107 Å². The van der Waals surface area contributed by atoms with Gasteiger partial charge in [0.1, 0.15) is 15.9 Å². The van der Waals surface area contributed by atoms with Crippen LogP contribution in [-0.4, -0.2) is 46.6 Å².